The van der Waals surface area contributed by atoms with Crippen molar-refractivity contribution >= 4 is 29.9 Å². The summed E-state index contributed by atoms with van der Waals surface area (Å²) in [5.41, 5.74) is 1.16. The van der Waals surface area contributed by atoms with E-state index in [0.29, 0.717) is 18.9 Å². The van der Waals surface area contributed by atoms with Crippen LogP contribution in [0.2, 0.25) is 0 Å². The lowest BCUT2D eigenvalue weighted by Crippen LogP contribution is -2.39. The van der Waals surface area contributed by atoms with Gasteiger partial charge in [0, 0.05) is 48.9 Å². The highest BCUT2D eigenvalue weighted by Crippen LogP contribution is 2.42. The van der Waals surface area contributed by atoms with Crippen molar-refractivity contribution < 1.29 is 8.78 Å². The number of aromatic nitrogens is 1. The molecule has 1 aliphatic carbocycles. The van der Waals surface area contributed by atoms with Gasteiger partial charge in [0.15, 0.2) is 5.96 Å². The van der Waals surface area contributed by atoms with Gasteiger partial charge >= 0.3 is 0 Å². The van der Waals surface area contributed by atoms with Crippen LogP contribution in [0.1, 0.15) is 30.5 Å². The van der Waals surface area contributed by atoms with Gasteiger partial charge in [0.1, 0.15) is 11.6 Å². The Morgan fingerprint density at radius 3 is 2.62 bits per heavy atom. The van der Waals surface area contributed by atoms with E-state index in [2.05, 4.69) is 20.6 Å². The number of rotatable bonds is 6. The van der Waals surface area contributed by atoms with Crippen LogP contribution in [0.3, 0.4) is 0 Å². The molecule has 4 nitrogen and oxygen atoms in total. The third-order valence-electron chi connectivity index (χ3n) is 4.19. The lowest BCUT2D eigenvalue weighted by Gasteiger charge is -2.11. The first-order valence-electron chi connectivity index (χ1n) is 8.57. The molecule has 2 N–H and O–H groups in total. The maximum absolute atomic E-state index is 13.9. The Hall–Kier alpha value is -1.77. The molecule has 0 spiro atoms. The Morgan fingerprint density at radius 1 is 1.19 bits per heavy atom. The van der Waals surface area contributed by atoms with E-state index >= 15 is 0 Å². The Morgan fingerprint density at radius 2 is 1.96 bits per heavy atom. The van der Waals surface area contributed by atoms with Gasteiger partial charge in [0.05, 0.1) is 0 Å². The summed E-state index contributed by atoms with van der Waals surface area (Å²) in [6.45, 7) is 3.30. The van der Waals surface area contributed by atoms with Crippen molar-refractivity contribution in [3.63, 3.8) is 0 Å². The van der Waals surface area contributed by atoms with Gasteiger partial charge in [0.2, 0.25) is 0 Å². The number of guanidine groups is 1. The third kappa shape index (κ3) is 5.36. The minimum absolute atomic E-state index is 0. The molecule has 1 aromatic carbocycles. The summed E-state index contributed by atoms with van der Waals surface area (Å²) in [6.07, 6.45) is 3.20. The van der Waals surface area contributed by atoms with E-state index in [1.807, 2.05) is 25.1 Å². The first-order chi connectivity index (χ1) is 12.2. The fourth-order valence-corrected chi connectivity index (χ4v) is 2.86. The Balaban J connectivity index is 0.00000243. The highest BCUT2D eigenvalue weighted by atomic mass is 127. The minimum atomic E-state index is -0.480. The van der Waals surface area contributed by atoms with Gasteiger partial charge in [-0.25, -0.2) is 8.78 Å². The molecule has 1 fully saturated rings. The van der Waals surface area contributed by atoms with Crippen molar-refractivity contribution in [2.24, 2.45) is 4.99 Å². The van der Waals surface area contributed by atoms with Gasteiger partial charge in [-0.3, -0.25) is 9.98 Å². The van der Waals surface area contributed by atoms with Crippen molar-refractivity contribution in [1.29, 1.82) is 0 Å². The van der Waals surface area contributed by atoms with Crippen LogP contribution in [0, 0.1) is 11.6 Å². The quantitative estimate of drug-likeness (QED) is 0.384. The molecular weight excluding hydrogens is 449 g/mol. The van der Waals surface area contributed by atoms with Crippen LogP contribution in [-0.4, -0.2) is 30.1 Å². The maximum atomic E-state index is 13.9. The molecule has 2 atom stereocenters. The number of benzene rings is 1. The molecule has 140 valence electrons. The molecule has 0 radical (unpaired) electrons. The molecule has 1 aromatic heterocycles. The van der Waals surface area contributed by atoms with Crippen molar-refractivity contribution in [2.45, 2.75) is 31.7 Å². The Labute approximate surface area is 169 Å². The third-order valence-corrected chi connectivity index (χ3v) is 4.19. The molecule has 0 saturated heterocycles. The van der Waals surface area contributed by atoms with Gasteiger partial charge < -0.3 is 10.6 Å². The average molecular weight is 472 g/mol. The van der Waals surface area contributed by atoms with Gasteiger partial charge in [-0.15, -0.1) is 24.0 Å². The van der Waals surface area contributed by atoms with Crippen LogP contribution < -0.4 is 10.6 Å². The number of aliphatic imine (C=N–C) groups is 1. The number of nitrogens with zero attached hydrogens (tertiary/aromatic N) is 2. The van der Waals surface area contributed by atoms with E-state index in [9.17, 15) is 8.78 Å². The minimum Gasteiger partial charge on any atom is -0.357 e. The summed E-state index contributed by atoms with van der Waals surface area (Å²) < 4.78 is 27.7. The summed E-state index contributed by atoms with van der Waals surface area (Å²) in [4.78, 5) is 8.80. The van der Waals surface area contributed by atoms with Crippen LogP contribution in [0.4, 0.5) is 8.78 Å². The zero-order chi connectivity index (χ0) is 17.6. The predicted octanol–water partition coefficient (Wildman–Crippen LogP) is 3.63. The topological polar surface area (TPSA) is 49.3 Å². The summed E-state index contributed by atoms with van der Waals surface area (Å²) in [5.74, 6) is -0.443. The SMILES string of the molecule is CCNC(=NCCc1ccccn1)NC1CC1c1c(F)cccc1F.I. The van der Waals surface area contributed by atoms with Gasteiger partial charge in [-0.05, 0) is 37.6 Å². The number of hydrogen-bond acceptors (Lipinski definition) is 2. The smallest absolute Gasteiger partial charge is 0.191 e. The lowest BCUT2D eigenvalue weighted by atomic mass is 10.1. The zero-order valence-corrected chi connectivity index (χ0v) is 16.9. The number of hydrogen-bond donors (Lipinski definition) is 2. The average Bonchev–Trinajstić information content (AvgIpc) is 3.34. The van der Waals surface area contributed by atoms with Crippen LogP contribution >= 0.6 is 24.0 Å². The lowest BCUT2D eigenvalue weighted by molar-refractivity contribution is 0.553. The van der Waals surface area contributed by atoms with E-state index in [1.54, 1.807) is 6.20 Å². The summed E-state index contributed by atoms with van der Waals surface area (Å²) in [5, 5.41) is 6.44. The Bertz CT molecular complexity index is 719. The highest BCUT2D eigenvalue weighted by molar-refractivity contribution is 14.0. The molecule has 0 amide bonds. The molecule has 1 aliphatic rings. The van der Waals surface area contributed by atoms with Crippen molar-refractivity contribution in [3.05, 3.63) is 65.5 Å². The number of pyridine rings is 1. The molecule has 1 heterocycles. The molecule has 26 heavy (non-hydrogen) atoms. The normalized spacial score (nSPS) is 18.8. The van der Waals surface area contributed by atoms with E-state index in [4.69, 9.17) is 0 Å². The molecule has 2 aromatic rings. The van der Waals surface area contributed by atoms with E-state index < -0.39 is 11.6 Å². The van der Waals surface area contributed by atoms with Gasteiger partial charge in [-0.2, -0.15) is 0 Å². The molecule has 0 aliphatic heterocycles. The van der Waals surface area contributed by atoms with Crippen LogP contribution in [0.5, 0.6) is 0 Å². The number of nitrogens with one attached hydrogen (secondary N) is 2. The first kappa shape index (κ1) is 20.5. The monoisotopic (exact) mass is 472 g/mol. The zero-order valence-electron chi connectivity index (χ0n) is 14.6. The Kier molecular flexibility index (Phi) is 7.74. The summed E-state index contributed by atoms with van der Waals surface area (Å²) >= 11 is 0. The van der Waals surface area contributed by atoms with Crippen molar-refractivity contribution in [2.75, 3.05) is 13.1 Å². The van der Waals surface area contributed by atoms with Crippen molar-refractivity contribution in [1.82, 2.24) is 15.6 Å². The molecule has 3 rings (SSSR count). The standard InChI is InChI=1S/C19H22F2N4.HI/c1-2-22-19(24-11-9-13-6-3-4-10-23-13)25-17-12-14(17)18-15(20)7-5-8-16(18)21;/h3-8,10,14,17H,2,9,11-12H2,1H3,(H2,22,24,25);1H. The predicted molar refractivity (Wildman–Crippen MR) is 110 cm³/mol. The fourth-order valence-electron chi connectivity index (χ4n) is 2.86. The second kappa shape index (κ2) is 9.80. The molecule has 1 saturated carbocycles. The molecule has 2 unspecified atom stereocenters. The summed E-state index contributed by atoms with van der Waals surface area (Å²) in [6, 6.07) is 9.80. The maximum Gasteiger partial charge on any atom is 0.191 e. The van der Waals surface area contributed by atoms with E-state index in [-0.39, 0.29) is 41.5 Å². The van der Waals surface area contributed by atoms with Gasteiger partial charge in [0.25, 0.3) is 0 Å². The fraction of sp³-hybridized carbons (Fsp3) is 0.368. The van der Waals surface area contributed by atoms with Crippen LogP contribution in [0.15, 0.2) is 47.6 Å². The second-order valence-electron chi connectivity index (χ2n) is 6.06. The highest BCUT2D eigenvalue weighted by Gasteiger charge is 2.42. The van der Waals surface area contributed by atoms with Crippen LogP contribution in [0.25, 0.3) is 0 Å². The number of halogens is 3. The largest absolute Gasteiger partial charge is 0.357 e. The second-order valence-corrected chi connectivity index (χ2v) is 6.06. The molecule has 0 bridgehead atoms. The van der Waals surface area contributed by atoms with E-state index in [0.717, 1.165) is 18.7 Å². The molecular formula is C19H23F2IN4. The molecule has 7 heteroatoms. The van der Waals surface area contributed by atoms with E-state index in [1.165, 1.54) is 18.2 Å². The summed E-state index contributed by atoms with van der Waals surface area (Å²) in [7, 11) is 0. The van der Waals surface area contributed by atoms with Crippen molar-refractivity contribution in [3.8, 4) is 0 Å². The first-order valence-corrected chi connectivity index (χ1v) is 8.57. The van der Waals surface area contributed by atoms with Gasteiger partial charge in [-0.1, -0.05) is 12.1 Å². The van der Waals surface area contributed by atoms with Crippen LogP contribution in [-0.2, 0) is 6.42 Å².